The Morgan fingerprint density at radius 2 is 2.25 bits per heavy atom. The molecule has 0 atom stereocenters. The maximum Gasteiger partial charge on any atom is 1.00 e. The summed E-state index contributed by atoms with van der Waals surface area (Å²) in [5, 5.41) is 1.16. The topological polar surface area (TPSA) is 46.2 Å². The Morgan fingerprint density at radius 3 is 2.38 bits per heavy atom. The van der Waals surface area contributed by atoms with Gasteiger partial charge in [0.2, 0.25) is 10.0 Å². The zero-order valence-corrected chi connectivity index (χ0v) is 5.40. The van der Waals surface area contributed by atoms with Crippen LogP contribution in [0.4, 0.5) is 0 Å². The minimum atomic E-state index is -2.98. The fourth-order valence-electron chi connectivity index (χ4n) is 0.387. The number of hydrogen-bond donors (Lipinski definition) is 1. The van der Waals surface area contributed by atoms with Crippen molar-refractivity contribution >= 4 is 10.0 Å². The van der Waals surface area contributed by atoms with Gasteiger partial charge in [0.05, 0.1) is 0 Å². The van der Waals surface area contributed by atoms with Gasteiger partial charge in [0.25, 0.3) is 0 Å². The van der Waals surface area contributed by atoms with Crippen LogP contribution in [0.25, 0.3) is 0 Å². The molecule has 42 valence electrons. The van der Waals surface area contributed by atoms with E-state index in [1.807, 2.05) is 0 Å². The van der Waals surface area contributed by atoms with E-state index in [4.69, 9.17) is 0 Å². The summed E-state index contributed by atoms with van der Waals surface area (Å²) in [7, 11) is -2.98. The Bertz CT molecular complexity index is 188. The molecule has 0 radical (unpaired) electrons. The Labute approximate surface area is 61.9 Å². The molecule has 0 aliphatic carbocycles. The third-order valence-corrected chi connectivity index (χ3v) is 1.80. The Kier molecular flexibility index (Phi) is 2.78. The van der Waals surface area contributed by atoms with Crippen LogP contribution < -0.4 is 23.6 Å². The summed E-state index contributed by atoms with van der Waals surface area (Å²) >= 11 is 0. The summed E-state index contributed by atoms with van der Waals surface area (Å²) in [5.74, 6) is 0. The number of nitrogens with one attached hydrogen (secondary N) is 1. The quantitative estimate of drug-likeness (QED) is 0.344. The molecule has 0 aromatic heterocycles. The molecule has 1 aliphatic rings. The van der Waals surface area contributed by atoms with Gasteiger partial charge < -0.3 is 1.43 Å². The second kappa shape index (κ2) is 2.69. The van der Waals surface area contributed by atoms with E-state index >= 15 is 0 Å². The first-order valence-electron chi connectivity index (χ1n) is 1.87. The fourth-order valence-corrected chi connectivity index (χ4v) is 1.16. The van der Waals surface area contributed by atoms with E-state index in [1.165, 1.54) is 0 Å². The van der Waals surface area contributed by atoms with Gasteiger partial charge >= 0.3 is 18.9 Å². The Hall–Kier alpha value is 0.247. The molecular weight excluding hydrogens is 121 g/mol. The van der Waals surface area contributed by atoms with Gasteiger partial charge in [-0.05, 0) is 0 Å². The molecule has 1 N–H and O–H groups in total. The van der Waals surface area contributed by atoms with Gasteiger partial charge in [-0.1, -0.05) is 6.08 Å². The first-order valence-corrected chi connectivity index (χ1v) is 3.41. The van der Waals surface area contributed by atoms with Gasteiger partial charge in [0, 0.05) is 12.0 Å². The van der Waals surface area contributed by atoms with Crippen LogP contribution in [0.5, 0.6) is 0 Å². The Balaban J connectivity index is 0. The average Bonchev–Trinajstić information content (AvgIpc) is 1.84. The molecule has 0 fully saturated rings. The first-order chi connectivity index (χ1) is 3.21. The molecule has 0 spiro atoms. The van der Waals surface area contributed by atoms with Crippen molar-refractivity contribution in [1.82, 2.24) is 4.72 Å². The third kappa shape index (κ3) is 2.01. The smallest absolute Gasteiger partial charge is 1.00 e. The van der Waals surface area contributed by atoms with E-state index in [1.54, 1.807) is 6.08 Å². The second-order valence-corrected chi connectivity index (χ2v) is 2.92. The standard InChI is InChI=1S/C3H5NO2S.Li.H/c5-7(6)3-1-2-4-7;;/h1,3-4H,2H2;;/q;+1;-1. The van der Waals surface area contributed by atoms with Crippen molar-refractivity contribution in [2.24, 2.45) is 0 Å². The summed E-state index contributed by atoms with van der Waals surface area (Å²) in [6.45, 7) is 0.447. The largest absolute Gasteiger partial charge is 1.00 e. The minimum absolute atomic E-state index is 0. The molecule has 5 heteroatoms. The van der Waals surface area contributed by atoms with Gasteiger partial charge in [-0.2, -0.15) is 0 Å². The Morgan fingerprint density at radius 1 is 1.62 bits per heavy atom. The summed E-state index contributed by atoms with van der Waals surface area (Å²) in [6.07, 6.45) is 1.56. The normalized spacial score (nSPS) is 22.5. The monoisotopic (exact) mass is 127 g/mol. The molecule has 0 aromatic carbocycles. The molecule has 3 nitrogen and oxygen atoms in total. The molecule has 0 saturated carbocycles. The van der Waals surface area contributed by atoms with Gasteiger partial charge in [-0.25, -0.2) is 13.1 Å². The van der Waals surface area contributed by atoms with Gasteiger partial charge in [0.1, 0.15) is 0 Å². The molecule has 0 bridgehead atoms. The van der Waals surface area contributed by atoms with Crippen molar-refractivity contribution in [3.05, 3.63) is 11.5 Å². The summed E-state index contributed by atoms with van der Waals surface area (Å²) < 4.78 is 22.7. The van der Waals surface area contributed by atoms with E-state index in [-0.39, 0.29) is 20.3 Å². The summed E-state index contributed by atoms with van der Waals surface area (Å²) in [6, 6.07) is 0. The van der Waals surface area contributed by atoms with Crippen molar-refractivity contribution in [3.8, 4) is 0 Å². The molecule has 0 saturated heterocycles. The maximum atomic E-state index is 10.2. The third-order valence-electron chi connectivity index (χ3n) is 0.678. The fraction of sp³-hybridized carbons (Fsp3) is 0.333. The number of sulfonamides is 1. The molecule has 8 heavy (non-hydrogen) atoms. The molecule has 0 aromatic rings. The van der Waals surface area contributed by atoms with E-state index in [2.05, 4.69) is 4.72 Å². The van der Waals surface area contributed by atoms with Crippen molar-refractivity contribution in [2.75, 3.05) is 6.54 Å². The predicted octanol–water partition coefficient (Wildman–Crippen LogP) is -3.45. The van der Waals surface area contributed by atoms with Crippen LogP contribution in [-0.2, 0) is 10.0 Å². The molecule has 0 unspecified atom stereocenters. The minimum Gasteiger partial charge on any atom is -1.00 e. The van der Waals surface area contributed by atoms with Gasteiger partial charge in [-0.3, -0.25) is 0 Å². The zero-order chi connectivity index (χ0) is 5.33. The molecule has 1 rings (SSSR count). The summed E-state index contributed by atoms with van der Waals surface area (Å²) in [4.78, 5) is 0. The van der Waals surface area contributed by atoms with Gasteiger partial charge in [0.15, 0.2) is 0 Å². The van der Waals surface area contributed by atoms with E-state index in [0.29, 0.717) is 6.54 Å². The van der Waals surface area contributed by atoms with E-state index in [0.717, 1.165) is 5.41 Å². The number of hydrogen-bond acceptors (Lipinski definition) is 2. The van der Waals surface area contributed by atoms with Crippen molar-refractivity contribution in [1.29, 1.82) is 0 Å². The van der Waals surface area contributed by atoms with Crippen LogP contribution in [0.3, 0.4) is 0 Å². The first kappa shape index (κ1) is 8.25. The van der Waals surface area contributed by atoms with E-state index in [9.17, 15) is 8.42 Å². The van der Waals surface area contributed by atoms with Crippen molar-refractivity contribution < 1.29 is 28.7 Å². The maximum absolute atomic E-state index is 10.2. The molecular formula is C3H6LiNO2S. The number of rotatable bonds is 0. The van der Waals surface area contributed by atoms with Gasteiger partial charge in [-0.15, -0.1) is 0 Å². The van der Waals surface area contributed by atoms with Crippen molar-refractivity contribution in [3.63, 3.8) is 0 Å². The van der Waals surface area contributed by atoms with Crippen LogP contribution in [0.15, 0.2) is 11.5 Å². The van der Waals surface area contributed by atoms with Crippen LogP contribution in [0.1, 0.15) is 1.43 Å². The summed E-state index contributed by atoms with van der Waals surface area (Å²) in [5.41, 5.74) is 0. The molecule has 0 amide bonds. The van der Waals surface area contributed by atoms with E-state index < -0.39 is 10.0 Å². The van der Waals surface area contributed by atoms with Crippen LogP contribution in [-0.4, -0.2) is 15.0 Å². The second-order valence-electron chi connectivity index (χ2n) is 1.27. The SMILES string of the molecule is O=S1(=O)C=CCN1.[H-].[Li+]. The molecule has 1 aliphatic heterocycles. The predicted molar refractivity (Wildman–Crippen MR) is 27.2 cm³/mol. The van der Waals surface area contributed by atoms with Crippen LogP contribution in [0.2, 0.25) is 0 Å². The molecule has 1 heterocycles. The van der Waals surface area contributed by atoms with Crippen LogP contribution >= 0.6 is 0 Å². The van der Waals surface area contributed by atoms with Crippen LogP contribution in [0, 0.1) is 0 Å². The van der Waals surface area contributed by atoms with Crippen molar-refractivity contribution in [2.45, 2.75) is 0 Å². The zero-order valence-electron chi connectivity index (χ0n) is 5.59. The average molecular weight is 127 g/mol.